The standard InChI is InChI=1S/C16H29N3O2/c1-13(2)5-6-15(20)17-11-16(21)19-10-7-14(12-19)18-8-3-4-9-18/h13-14H,3-12H2,1-2H3,(H,17,20). The van der Waals surface area contributed by atoms with Crippen molar-refractivity contribution in [1.29, 1.82) is 0 Å². The zero-order chi connectivity index (χ0) is 15.2. The lowest BCUT2D eigenvalue weighted by molar-refractivity contribution is -0.132. The second-order valence-corrected chi connectivity index (χ2v) is 6.73. The molecule has 0 aromatic rings. The quantitative estimate of drug-likeness (QED) is 0.802. The first kappa shape index (κ1) is 16.3. The van der Waals surface area contributed by atoms with E-state index in [-0.39, 0.29) is 18.4 Å². The van der Waals surface area contributed by atoms with Gasteiger partial charge in [0, 0.05) is 25.6 Å². The summed E-state index contributed by atoms with van der Waals surface area (Å²) in [4.78, 5) is 28.2. The number of amides is 2. The van der Waals surface area contributed by atoms with Crippen molar-refractivity contribution in [3.63, 3.8) is 0 Å². The summed E-state index contributed by atoms with van der Waals surface area (Å²) in [5, 5.41) is 2.76. The lowest BCUT2D eigenvalue weighted by atomic mass is 10.1. The van der Waals surface area contributed by atoms with Crippen molar-refractivity contribution in [2.24, 2.45) is 5.92 Å². The van der Waals surface area contributed by atoms with Gasteiger partial charge in [-0.1, -0.05) is 13.8 Å². The number of likely N-dealkylation sites (tertiary alicyclic amines) is 2. The number of carbonyl (C=O) groups excluding carboxylic acids is 2. The molecular formula is C16H29N3O2. The lowest BCUT2D eigenvalue weighted by Crippen LogP contribution is -2.41. The largest absolute Gasteiger partial charge is 0.347 e. The SMILES string of the molecule is CC(C)CCC(=O)NCC(=O)N1CCC(N2CCCC2)C1. The zero-order valence-electron chi connectivity index (χ0n) is 13.4. The minimum atomic E-state index is -0.00709. The van der Waals surface area contributed by atoms with Crippen molar-refractivity contribution in [1.82, 2.24) is 15.1 Å². The molecule has 1 unspecified atom stereocenters. The number of hydrogen-bond acceptors (Lipinski definition) is 3. The predicted octanol–water partition coefficient (Wildman–Crippen LogP) is 1.24. The van der Waals surface area contributed by atoms with Crippen molar-refractivity contribution in [3.05, 3.63) is 0 Å². The molecule has 0 spiro atoms. The zero-order valence-corrected chi connectivity index (χ0v) is 13.4. The first-order valence-electron chi connectivity index (χ1n) is 8.35. The highest BCUT2D eigenvalue weighted by Crippen LogP contribution is 2.20. The van der Waals surface area contributed by atoms with E-state index in [2.05, 4.69) is 24.1 Å². The first-order valence-corrected chi connectivity index (χ1v) is 8.35. The van der Waals surface area contributed by atoms with Crippen LogP contribution < -0.4 is 5.32 Å². The highest BCUT2D eigenvalue weighted by Gasteiger charge is 2.31. The number of rotatable bonds is 6. The molecule has 0 aliphatic carbocycles. The molecule has 1 atom stereocenters. The fourth-order valence-electron chi connectivity index (χ4n) is 3.17. The molecule has 1 N–H and O–H groups in total. The Labute approximate surface area is 128 Å². The Morgan fingerprint density at radius 3 is 2.57 bits per heavy atom. The Morgan fingerprint density at radius 2 is 1.90 bits per heavy atom. The van der Waals surface area contributed by atoms with Gasteiger partial charge in [0.15, 0.2) is 0 Å². The summed E-state index contributed by atoms with van der Waals surface area (Å²) in [7, 11) is 0. The highest BCUT2D eigenvalue weighted by molar-refractivity contribution is 5.84. The molecule has 120 valence electrons. The van der Waals surface area contributed by atoms with Crippen LogP contribution in [0.2, 0.25) is 0 Å². The van der Waals surface area contributed by atoms with Gasteiger partial charge in [-0.25, -0.2) is 0 Å². The van der Waals surface area contributed by atoms with Gasteiger partial charge >= 0.3 is 0 Å². The van der Waals surface area contributed by atoms with Gasteiger partial charge in [-0.05, 0) is 44.7 Å². The lowest BCUT2D eigenvalue weighted by Gasteiger charge is -2.23. The van der Waals surface area contributed by atoms with Crippen LogP contribution in [0.5, 0.6) is 0 Å². The normalized spacial score (nSPS) is 23.0. The predicted molar refractivity (Wildman–Crippen MR) is 82.9 cm³/mol. The Hall–Kier alpha value is -1.10. The van der Waals surface area contributed by atoms with Gasteiger partial charge in [0.25, 0.3) is 0 Å². The van der Waals surface area contributed by atoms with Crippen molar-refractivity contribution in [2.45, 2.75) is 52.0 Å². The molecule has 2 fully saturated rings. The summed E-state index contributed by atoms with van der Waals surface area (Å²) in [5.41, 5.74) is 0. The van der Waals surface area contributed by atoms with E-state index in [0.29, 0.717) is 18.4 Å². The molecule has 2 aliphatic heterocycles. The molecule has 5 heteroatoms. The Morgan fingerprint density at radius 1 is 1.19 bits per heavy atom. The van der Waals surface area contributed by atoms with E-state index in [1.54, 1.807) is 0 Å². The van der Waals surface area contributed by atoms with E-state index in [1.807, 2.05) is 4.90 Å². The van der Waals surface area contributed by atoms with Crippen molar-refractivity contribution in [3.8, 4) is 0 Å². The van der Waals surface area contributed by atoms with E-state index >= 15 is 0 Å². The van der Waals surface area contributed by atoms with Crippen LogP contribution in [0, 0.1) is 5.92 Å². The summed E-state index contributed by atoms with van der Waals surface area (Å²) in [6.45, 7) is 8.38. The average molecular weight is 295 g/mol. The molecule has 2 aliphatic rings. The molecule has 2 rings (SSSR count). The van der Waals surface area contributed by atoms with Gasteiger partial charge in [-0.15, -0.1) is 0 Å². The van der Waals surface area contributed by atoms with Gasteiger partial charge < -0.3 is 10.2 Å². The molecule has 0 bridgehead atoms. The van der Waals surface area contributed by atoms with Gasteiger partial charge in [-0.3, -0.25) is 14.5 Å². The Kier molecular flexibility index (Phi) is 6.03. The van der Waals surface area contributed by atoms with Crippen LogP contribution in [0.25, 0.3) is 0 Å². The summed E-state index contributed by atoms with van der Waals surface area (Å²) in [6, 6.07) is 0.535. The second-order valence-electron chi connectivity index (χ2n) is 6.73. The summed E-state index contributed by atoms with van der Waals surface area (Å²) < 4.78 is 0. The number of carbonyl (C=O) groups is 2. The van der Waals surface area contributed by atoms with Crippen LogP contribution in [-0.2, 0) is 9.59 Å². The molecule has 0 aromatic carbocycles. The highest BCUT2D eigenvalue weighted by atomic mass is 16.2. The van der Waals surface area contributed by atoms with Gasteiger partial charge in [0.1, 0.15) is 0 Å². The van der Waals surface area contributed by atoms with Crippen LogP contribution >= 0.6 is 0 Å². The average Bonchev–Trinajstić information content (AvgIpc) is 3.11. The van der Waals surface area contributed by atoms with Gasteiger partial charge in [-0.2, -0.15) is 0 Å². The molecule has 2 heterocycles. The first-order chi connectivity index (χ1) is 10.1. The summed E-state index contributed by atoms with van der Waals surface area (Å²) in [5.74, 6) is 0.577. The van der Waals surface area contributed by atoms with Crippen LogP contribution in [0.15, 0.2) is 0 Å². The van der Waals surface area contributed by atoms with E-state index in [9.17, 15) is 9.59 Å². The third-order valence-corrected chi connectivity index (χ3v) is 4.56. The van der Waals surface area contributed by atoms with E-state index in [4.69, 9.17) is 0 Å². The molecule has 5 nitrogen and oxygen atoms in total. The maximum absolute atomic E-state index is 12.1. The monoisotopic (exact) mass is 295 g/mol. The van der Waals surface area contributed by atoms with Crippen LogP contribution in [0.1, 0.15) is 46.0 Å². The van der Waals surface area contributed by atoms with Crippen molar-refractivity contribution < 1.29 is 9.59 Å². The summed E-state index contributed by atoms with van der Waals surface area (Å²) >= 11 is 0. The third kappa shape index (κ3) is 4.99. The number of hydrogen-bond donors (Lipinski definition) is 1. The fourth-order valence-corrected chi connectivity index (χ4v) is 3.17. The number of nitrogens with zero attached hydrogens (tertiary/aromatic N) is 2. The topological polar surface area (TPSA) is 52.7 Å². The molecule has 0 radical (unpaired) electrons. The Bertz CT molecular complexity index is 365. The van der Waals surface area contributed by atoms with Gasteiger partial charge in [0.2, 0.25) is 11.8 Å². The number of nitrogens with one attached hydrogen (secondary N) is 1. The minimum absolute atomic E-state index is 0.00709. The molecule has 2 saturated heterocycles. The molecule has 0 saturated carbocycles. The van der Waals surface area contributed by atoms with E-state index < -0.39 is 0 Å². The van der Waals surface area contributed by atoms with Gasteiger partial charge in [0.05, 0.1) is 6.54 Å². The van der Waals surface area contributed by atoms with Crippen LogP contribution in [0.3, 0.4) is 0 Å². The molecule has 21 heavy (non-hydrogen) atoms. The molecular weight excluding hydrogens is 266 g/mol. The van der Waals surface area contributed by atoms with E-state index in [0.717, 1.165) is 25.9 Å². The van der Waals surface area contributed by atoms with Crippen LogP contribution in [0.4, 0.5) is 0 Å². The van der Waals surface area contributed by atoms with Crippen molar-refractivity contribution >= 4 is 11.8 Å². The van der Waals surface area contributed by atoms with E-state index in [1.165, 1.54) is 25.9 Å². The summed E-state index contributed by atoms with van der Waals surface area (Å²) in [6.07, 6.45) is 5.04. The Balaban J connectivity index is 1.66. The second kappa shape index (κ2) is 7.78. The van der Waals surface area contributed by atoms with Crippen LogP contribution in [-0.4, -0.2) is 60.4 Å². The fraction of sp³-hybridized carbons (Fsp3) is 0.875. The van der Waals surface area contributed by atoms with Crippen molar-refractivity contribution in [2.75, 3.05) is 32.7 Å². The maximum atomic E-state index is 12.1. The smallest absolute Gasteiger partial charge is 0.242 e. The third-order valence-electron chi connectivity index (χ3n) is 4.56. The minimum Gasteiger partial charge on any atom is -0.347 e. The maximum Gasteiger partial charge on any atom is 0.242 e. The molecule has 0 aromatic heterocycles. The molecule has 2 amide bonds.